The highest BCUT2D eigenvalue weighted by molar-refractivity contribution is 5.87. The number of quaternary nitrogens is 1. The first kappa shape index (κ1) is 24.1. The molecule has 0 spiro atoms. The molecule has 0 saturated heterocycles. The van der Waals surface area contributed by atoms with Gasteiger partial charge in [0, 0.05) is 25.0 Å². The average Bonchev–Trinajstić information content (AvgIpc) is 2.78. The van der Waals surface area contributed by atoms with Crippen molar-refractivity contribution in [3.05, 3.63) is 83.9 Å². The third kappa shape index (κ3) is 11.0. The van der Waals surface area contributed by atoms with Gasteiger partial charge in [0.05, 0.1) is 40.4 Å². The number of carbonyl (C=O) groups excluding carboxylic acids is 2. The molecule has 0 unspecified atom stereocenters. The number of rotatable bonds is 12. The minimum Gasteiger partial charge on any atom is -0.462 e. The van der Waals surface area contributed by atoms with Crippen LogP contribution < -0.4 is 0 Å². The first-order chi connectivity index (χ1) is 14.9. The molecule has 0 N–H and O–H groups in total. The highest BCUT2D eigenvalue weighted by Crippen LogP contribution is 2.05. The molecule has 164 valence electrons. The van der Waals surface area contributed by atoms with E-state index >= 15 is 0 Å². The second-order valence-corrected chi connectivity index (χ2v) is 7.91. The quantitative estimate of drug-likeness (QED) is 0.221. The van der Waals surface area contributed by atoms with Gasteiger partial charge in [-0.05, 0) is 23.3 Å². The zero-order chi connectivity index (χ0) is 22.4. The second kappa shape index (κ2) is 13.2. The summed E-state index contributed by atoms with van der Waals surface area (Å²) in [6, 6.07) is 19.3. The number of carbonyl (C=O) groups is 2. The zero-order valence-corrected chi connectivity index (χ0v) is 18.4. The minimum atomic E-state index is -0.329. The summed E-state index contributed by atoms with van der Waals surface area (Å²) in [5.74, 6) is -0.658. The highest BCUT2D eigenvalue weighted by atomic mass is 16.5. The van der Waals surface area contributed by atoms with Gasteiger partial charge in [-0.1, -0.05) is 60.7 Å². The van der Waals surface area contributed by atoms with Crippen LogP contribution in [0.1, 0.15) is 24.0 Å². The van der Waals surface area contributed by atoms with E-state index in [0.29, 0.717) is 13.2 Å². The zero-order valence-electron chi connectivity index (χ0n) is 18.4. The minimum absolute atomic E-state index is 0.329. The molecule has 5 heteroatoms. The van der Waals surface area contributed by atoms with Gasteiger partial charge < -0.3 is 14.0 Å². The van der Waals surface area contributed by atoms with Crippen LogP contribution in [0.2, 0.25) is 0 Å². The molecule has 31 heavy (non-hydrogen) atoms. The standard InChI is InChI=1S/C26H32NO4/c1-27(2,19-9-21-30-25(28)17-15-23-11-5-3-6-12-23)20-10-22-31-26(29)18-16-24-13-7-4-8-14-24/h3-8,11-18H,9-10,19-22H2,1-2H3/q+1/b17-15+,18-16+. The van der Waals surface area contributed by atoms with Gasteiger partial charge in [-0.25, -0.2) is 9.59 Å². The molecule has 0 aliphatic rings. The predicted octanol–water partition coefficient (Wildman–Crippen LogP) is 4.36. The number of benzene rings is 2. The van der Waals surface area contributed by atoms with Crippen LogP contribution in [0.25, 0.3) is 12.2 Å². The van der Waals surface area contributed by atoms with Crippen molar-refractivity contribution >= 4 is 24.1 Å². The van der Waals surface area contributed by atoms with E-state index in [4.69, 9.17) is 9.47 Å². The Kier molecular flexibility index (Phi) is 10.3. The van der Waals surface area contributed by atoms with E-state index < -0.39 is 0 Å². The van der Waals surface area contributed by atoms with Crippen molar-refractivity contribution in [3.8, 4) is 0 Å². The Labute approximate surface area is 185 Å². The number of hydrogen-bond acceptors (Lipinski definition) is 4. The maximum absolute atomic E-state index is 11.8. The van der Waals surface area contributed by atoms with Gasteiger partial charge in [-0.2, -0.15) is 0 Å². The van der Waals surface area contributed by atoms with E-state index in [0.717, 1.165) is 41.5 Å². The van der Waals surface area contributed by atoms with E-state index in [9.17, 15) is 9.59 Å². The van der Waals surface area contributed by atoms with E-state index in [1.165, 1.54) is 12.2 Å². The average molecular weight is 423 g/mol. The number of nitrogens with zero attached hydrogens (tertiary/aromatic N) is 1. The normalized spacial score (nSPS) is 11.7. The van der Waals surface area contributed by atoms with Crippen molar-refractivity contribution in [2.24, 2.45) is 0 Å². The molecule has 0 aliphatic carbocycles. The smallest absolute Gasteiger partial charge is 0.330 e. The molecule has 0 amide bonds. The van der Waals surface area contributed by atoms with Crippen molar-refractivity contribution in [2.45, 2.75) is 12.8 Å². The van der Waals surface area contributed by atoms with Crippen LogP contribution in [0.15, 0.2) is 72.8 Å². The van der Waals surface area contributed by atoms with Crippen LogP contribution in [-0.4, -0.2) is 56.8 Å². The summed E-state index contributed by atoms with van der Waals surface area (Å²) in [5.41, 5.74) is 1.93. The number of ether oxygens (including phenoxy) is 2. The summed E-state index contributed by atoms with van der Waals surface area (Å²) in [5, 5.41) is 0. The number of hydrogen-bond donors (Lipinski definition) is 0. The molecule has 0 radical (unpaired) electrons. The lowest BCUT2D eigenvalue weighted by atomic mass is 10.2. The summed E-state index contributed by atoms with van der Waals surface area (Å²) in [6.45, 7) is 2.52. The fourth-order valence-corrected chi connectivity index (χ4v) is 3.00. The van der Waals surface area contributed by atoms with E-state index in [1.807, 2.05) is 60.7 Å². The first-order valence-electron chi connectivity index (χ1n) is 10.6. The molecular weight excluding hydrogens is 390 g/mol. The lowest BCUT2D eigenvalue weighted by Gasteiger charge is -2.29. The highest BCUT2D eigenvalue weighted by Gasteiger charge is 2.14. The summed E-state index contributed by atoms with van der Waals surface area (Å²) in [4.78, 5) is 23.6. The topological polar surface area (TPSA) is 52.6 Å². The SMILES string of the molecule is C[N+](C)(CCCOC(=O)/C=C/c1ccccc1)CCCOC(=O)/C=C/c1ccccc1. The monoisotopic (exact) mass is 422 g/mol. The predicted molar refractivity (Wildman–Crippen MR) is 124 cm³/mol. The molecule has 2 aromatic carbocycles. The van der Waals surface area contributed by atoms with Crippen molar-refractivity contribution < 1.29 is 23.5 Å². The molecule has 0 saturated carbocycles. The van der Waals surface area contributed by atoms with Gasteiger partial charge in [0.1, 0.15) is 0 Å². The first-order valence-corrected chi connectivity index (χ1v) is 10.6. The van der Waals surface area contributed by atoms with Gasteiger partial charge in [0.15, 0.2) is 0 Å². The Balaban J connectivity index is 1.56. The van der Waals surface area contributed by atoms with Crippen LogP contribution in [0.5, 0.6) is 0 Å². The van der Waals surface area contributed by atoms with Crippen molar-refractivity contribution in [3.63, 3.8) is 0 Å². The Hall–Kier alpha value is -3.18. The van der Waals surface area contributed by atoms with Crippen molar-refractivity contribution in [2.75, 3.05) is 40.4 Å². The molecule has 2 rings (SSSR count). The maximum Gasteiger partial charge on any atom is 0.330 e. The van der Waals surface area contributed by atoms with Crippen LogP contribution >= 0.6 is 0 Å². The second-order valence-electron chi connectivity index (χ2n) is 7.91. The molecule has 0 bridgehead atoms. The van der Waals surface area contributed by atoms with Crippen molar-refractivity contribution in [1.29, 1.82) is 0 Å². The number of esters is 2. The summed E-state index contributed by atoms with van der Waals surface area (Å²) in [6.07, 6.45) is 7.96. The van der Waals surface area contributed by atoms with Crippen molar-refractivity contribution in [1.82, 2.24) is 0 Å². The molecule has 0 heterocycles. The fourth-order valence-electron chi connectivity index (χ4n) is 3.00. The lowest BCUT2D eigenvalue weighted by molar-refractivity contribution is -0.890. The van der Waals surface area contributed by atoms with E-state index in [2.05, 4.69) is 14.1 Å². The molecule has 0 atom stereocenters. The summed E-state index contributed by atoms with van der Waals surface area (Å²) in [7, 11) is 4.24. The lowest BCUT2D eigenvalue weighted by Crippen LogP contribution is -2.42. The molecule has 0 aromatic heterocycles. The van der Waals surface area contributed by atoms with Crippen LogP contribution in [0.4, 0.5) is 0 Å². The molecule has 5 nitrogen and oxygen atoms in total. The van der Waals surface area contributed by atoms with Gasteiger partial charge in [0.25, 0.3) is 0 Å². The largest absolute Gasteiger partial charge is 0.462 e. The Morgan fingerprint density at radius 2 is 1.10 bits per heavy atom. The van der Waals surface area contributed by atoms with Gasteiger partial charge in [-0.3, -0.25) is 0 Å². The molecule has 2 aromatic rings. The molecule has 0 aliphatic heterocycles. The van der Waals surface area contributed by atoms with Crippen LogP contribution in [0, 0.1) is 0 Å². The van der Waals surface area contributed by atoms with Gasteiger partial charge in [-0.15, -0.1) is 0 Å². The Bertz CT molecular complexity index is 786. The van der Waals surface area contributed by atoms with Crippen LogP contribution in [0.3, 0.4) is 0 Å². The maximum atomic E-state index is 11.8. The third-order valence-electron chi connectivity index (χ3n) is 4.73. The fraction of sp³-hybridized carbons (Fsp3) is 0.308. The van der Waals surface area contributed by atoms with Crippen LogP contribution in [-0.2, 0) is 19.1 Å². The van der Waals surface area contributed by atoms with E-state index in [-0.39, 0.29) is 11.9 Å². The summed E-state index contributed by atoms with van der Waals surface area (Å²) < 4.78 is 11.3. The summed E-state index contributed by atoms with van der Waals surface area (Å²) >= 11 is 0. The molecular formula is C26H32NO4+. The van der Waals surface area contributed by atoms with Gasteiger partial charge >= 0.3 is 11.9 Å². The van der Waals surface area contributed by atoms with E-state index in [1.54, 1.807) is 12.2 Å². The Morgan fingerprint density at radius 3 is 1.48 bits per heavy atom. The Morgan fingerprint density at radius 1 is 0.710 bits per heavy atom. The molecule has 0 fully saturated rings. The third-order valence-corrected chi connectivity index (χ3v) is 4.73. The van der Waals surface area contributed by atoms with Gasteiger partial charge in [0.2, 0.25) is 0 Å².